The van der Waals surface area contributed by atoms with Crippen molar-refractivity contribution in [1.82, 2.24) is 9.80 Å². The van der Waals surface area contributed by atoms with Crippen LogP contribution in [0.3, 0.4) is 0 Å². The molecule has 234 valence electrons. The SMILES string of the molecule is C[C@H](C1=CC=C[C@@H]1P(c1ccccc1)c1ccccc1)N(C)CCN(C)[C@H](C)C1=CC=C[C@@H]1P(c1ccccc1)c1ccccc1. The number of hydrogen-bond donors (Lipinski definition) is 0. The summed E-state index contributed by atoms with van der Waals surface area (Å²) in [7, 11) is 3.52. The Hall–Kier alpha value is -3.38. The van der Waals surface area contributed by atoms with Crippen LogP contribution in [0.1, 0.15) is 13.8 Å². The lowest BCUT2D eigenvalue weighted by Crippen LogP contribution is -2.42. The Morgan fingerprint density at radius 2 is 0.761 bits per heavy atom. The molecule has 0 aromatic heterocycles. The van der Waals surface area contributed by atoms with Crippen LogP contribution < -0.4 is 21.2 Å². The standard InChI is InChI=1S/C42H46N2P2/c1-33(39-27-17-29-41(39)45(35-19-9-5-10-20-35)36-21-11-6-12-22-36)43(3)31-32-44(4)34(2)40-28-18-30-42(40)46(37-23-13-7-14-24-37)38-25-15-8-16-26-38/h5-30,33-34,41-42H,31-32H2,1-4H3/t33-,34-,41+,42+/m1/s1. The van der Waals surface area contributed by atoms with Gasteiger partial charge in [-0.3, -0.25) is 9.80 Å². The maximum atomic E-state index is 2.55. The van der Waals surface area contributed by atoms with Crippen molar-refractivity contribution in [2.24, 2.45) is 0 Å². The van der Waals surface area contributed by atoms with Crippen LogP contribution in [0.25, 0.3) is 0 Å². The van der Waals surface area contributed by atoms with E-state index in [2.05, 4.69) is 196 Å². The second-order valence-corrected chi connectivity index (χ2v) is 17.0. The summed E-state index contributed by atoms with van der Waals surface area (Å²) in [6.07, 6.45) is 14.2. The minimum Gasteiger partial charge on any atom is -0.299 e. The fourth-order valence-electron chi connectivity index (χ4n) is 6.71. The lowest BCUT2D eigenvalue weighted by Gasteiger charge is -2.36. The molecule has 4 aromatic rings. The molecular formula is C42H46N2P2. The van der Waals surface area contributed by atoms with E-state index in [0.29, 0.717) is 23.4 Å². The fourth-order valence-corrected chi connectivity index (χ4v) is 12.3. The number of allylic oxidation sites excluding steroid dienone is 6. The van der Waals surface area contributed by atoms with Gasteiger partial charge in [0, 0.05) is 36.5 Å². The average molecular weight is 641 g/mol. The second kappa shape index (κ2) is 15.5. The molecule has 4 heteroatoms. The van der Waals surface area contributed by atoms with Crippen molar-refractivity contribution in [3.8, 4) is 0 Å². The van der Waals surface area contributed by atoms with Crippen LogP contribution in [0.4, 0.5) is 0 Å². The molecule has 46 heavy (non-hydrogen) atoms. The van der Waals surface area contributed by atoms with E-state index in [9.17, 15) is 0 Å². The topological polar surface area (TPSA) is 6.48 Å². The van der Waals surface area contributed by atoms with Crippen molar-refractivity contribution < 1.29 is 0 Å². The van der Waals surface area contributed by atoms with Gasteiger partial charge < -0.3 is 0 Å². The Morgan fingerprint density at radius 1 is 0.478 bits per heavy atom. The summed E-state index contributed by atoms with van der Waals surface area (Å²) in [5.41, 5.74) is 3.85. The molecule has 0 N–H and O–H groups in total. The summed E-state index contributed by atoms with van der Waals surface area (Å²) in [6, 6.07) is 45.2. The van der Waals surface area contributed by atoms with Crippen LogP contribution in [-0.4, -0.2) is 60.4 Å². The molecular weight excluding hydrogens is 594 g/mol. The zero-order valence-corrected chi connectivity index (χ0v) is 29.3. The zero-order chi connectivity index (χ0) is 31.9. The van der Waals surface area contributed by atoms with Gasteiger partial charge >= 0.3 is 0 Å². The van der Waals surface area contributed by atoms with Crippen LogP contribution >= 0.6 is 15.8 Å². The van der Waals surface area contributed by atoms with Gasteiger partial charge in [-0.25, -0.2) is 0 Å². The predicted molar refractivity (Wildman–Crippen MR) is 204 cm³/mol. The third kappa shape index (κ3) is 7.27. The van der Waals surface area contributed by atoms with Gasteiger partial charge in [-0.15, -0.1) is 0 Å². The molecule has 0 fully saturated rings. The minimum absolute atomic E-state index is 0.352. The Labute approximate surface area is 279 Å². The highest BCUT2D eigenvalue weighted by Gasteiger charge is 2.33. The van der Waals surface area contributed by atoms with E-state index in [0.717, 1.165) is 13.1 Å². The fraction of sp³-hybridized carbons (Fsp3) is 0.238. The highest BCUT2D eigenvalue weighted by molar-refractivity contribution is 7.74. The minimum atomic E-state index is -0.542. The third-order valence-electron chi connectivity index (χ3n) is 9.63. The van der Waals surface area contributed by atoms with Crippen LogP contribution in [0.2, 0.25) is 0 Å². The largest absolute Gasteiger partial charge is 0.299 e. The second-order valence-electron chi connectivity index (χ2n) is 12.4. The molecule has 6 rings (SSSR count). The lowest BCUT2D eigenvalue weighted by molar-refractivity contribution is 0.212. The molecule has 0 aliphatic heterocycles. The molecule has 0 saturated heterocycles. The lowest BCUT2D eigenvalue weighted by atomic mass is 10.1. The van der Waals surface area contributed by atoms with E-state index >= 15 is 0 Å². The number of rotatable bonds is 13. The molecule has 0 amide bonds. The molecule has 0 spiro atoms. The highest BCUT2D eigenvalue weighted by Crippen LogP contribution is 2.48. The molecule has 4 aromatic carbocycles. The van der Waals surface area contributed by atoms with Gasteiger partial charge in [0.05, 0.1) is 0 Å². The monoisotopic (exact) mass is 640 g/mol. The maximum absolute atomic E-state index is 2.55. The molecule has 2 nitrogen and oxygen atoms in total. The summed E-state index contributed by atoms with van der Waals surface area (Å²) >= 11 is 0. The van der Waals surface area contributed by atoms with Crippen molar-refractivity contribution in [3.63, 3.8) is 0 Å². The van der Waals surface area contributed by atoms with Gasteiger partial charge in [-0.2, -0.15) is 0 Å². The summed E-state index contributed by atoms with van der Waals surface area (Å²) in [5.74, 6) is 0. The van der Waals surface area contributed by atoms with Gasteiger partial charge in [0.25, 0.3) is 0 Å². The number of hydrogen-bond acceptors (Lipinski definition) is 2. The number of likely N-dealkylation sites (N-methyl/N-ethyl adjacent to an activating group) is 2. The van der Waals surface area contributed by atoms with Crippen LogP contribution in [0.5, 0.6) is 0 Å². The quantitative estimate of drug-likeness (QED) is 0.139. The molecule has 0 radical (unpaired) electrons. The third-order valence-corrected chi connectivity index (χ3v) is 15.1. The molecule has 4 atom stereocenters. The average Bonchev–Trinajstić information content (AvgIpc) is 3.79. The van der Waals surface area contributed by atoms with E-state index in [4.69, 9.17) is 0 Å². The van der Waals surface area contributed by atoms with Gasteiger partial charge in [-0.05, 0) is 76.2 Å². The van der Waals surface area contributed by atoms with E-state index < -0.39 is 15.8 Å². The van der Waals surface area contributed by atoms with Gasteiger partial charge in [0.2, 0.25) is 0 Å². The van der Waals surface area contributed by atoms with E-state index in [1.807, 2.05) is 0 Å². The van der Waals surface area contributed by atoms with E-state index in [1.54, 1.807) is 0 Å². The first-order valence-electron chi connectivity index (χ1n) is 16.5. The number of nitrogens with zero attached hydrogens (tertiary/aromatic N) is 2. The Bertz CT molecular complexity index is 1460. The summed E-state index contributed by atoms with van der Waals surface area (Å²) in [6.45, 7) is 6.81. The molecule has 0 heterocycles. The molecule has 0 saturated carbocycles. The molecule has 2 aliphatic rings. The normalized spacial score (nSPS) is 18.9. The first-order chi connectivity index (χ1) is 22.5. The summed E-state index contributed by atoms with van der Waals surface area (Å²) < 4.78 is 0. The van der Waals surface area contributed by atoms with Crippen LogP contribution in [-0.2, 0) is 0 Å². The smallest absolute Gasteiger partial charge is 0.0289 e. The summed E-state index contributed by atoms with van der Waals surface area (Å²) in [5, 5.41) is 5.75. The summed E-state index contributed by atoms with van der Waals surface area (Å²) in [4.78, 5) is 5.11. The Balaban J connectivity index is 1.13. The first-order valence-corrected chi connectivity index (χ1v) is 19.3. The molecule has 0 unspecified atom stereocenters. The highest BCUT2D eigenvalue weighted by atomic mass is 31.1. The van der Waals surface area contributed by atoms with Gasteiger partial charge in [-0.1, -0.05) is 158 Å². The van der Waals surface area contributed by atoms with E-state index in [-0.39, 0.29) is 0 Å². The van der Waals surface area contributed by atoms with Crippen molar-refractivity contribution in [1.29, 1.82) is 0 Å². The molecule has 2 aliphatic carbocycles. The Kier molecular flexibility index (Phi) is 11.0. The predicted octanol–water partition coefficient (Wildman–Crippen LogP) is 7.62. The van der Waals surface area contributed by atoms with Crippen molar-refractivity contribution >= 4 is 37.1 Å². The van der Waals surface area contributed by atoms with Gasteiger partial charge in [0.1, 0.15) is 0 Å². The van der Waals surface area contributed by atoms with E-state index in [1.165, 1.54) is 32.4 Å². The van der Waals surface area contributed by atoms with Gasteiger partial charge in [0.15, 0.2) is 0 Å². The molecule has 0 bridgehead atoms. The van der Waals surface area contributed by atoms with Crippen LogP contribution in [0.15, 0.2) is 169 Å². The first kappa shape index (κ1) is 32.6. The van der Waals surface area contributed by atoms with Crippen molar-refractivity contribution in [2.45, 2.75) is 37.2 Å². The van der Waals surface area contributed by atoms with Crippen molar-refractivity contribution in [2.75, 3.05) is 27.2 Å². The maximum Gasteiger partial charge on any atom is 0.0289 e. The van der Waals surface area contributed by atoms with Crippen LogP contribution in [0, 0.1) is 0 Å². The number of benzene rings is 4. The zero-order valence-electron chi connectivity index (χ0n) is 27.5. The Morgan fingerprint density at radius 3 is 1.04 bits per heavy atom. The van der Waals surface area contributed by atoms with Crippen molar-refractivity contribution in [3.05, 3.63) is 169 Å².